The summed E-state index contributed by atoms with van der Waals surface area (Å²) in [4.78, 5) is 0. The predicted octanol–water partition coefficient (Wildman–Crippen LogP) is -0.179. The third kappa shape index (κ3) is 2.94. The molecule has 2 aliphatic carbocycles. The molecule has 94 valence electrons. The molecule has 3 N–H and O–H groups in total. The molecule has 5 nitrogen and oxygen atoms in total. The van der Waals surface area contributed by atoms with Gasteiger partial charge in [0.25, 0.3) is 0 Å². The molecular weight excluding hydrogens is 228 g/mol. The van der Waals surface area contributed by atoms with Crippen LogP contribution in [0.2, 0.25) is 0 Å². The number of nitrogens with two attached hydrogens (primary N) is 1. The van der Waals surface area contributed by atoms with E-state index in [1.807, 2.05) is 6.92 Å². The first kappa shape index (κ1) is 12.3. The molecule has 3 atom stereocenters. The third-order valence-electron chi connectivity index (χ3n) is 3.21. The van der Waals surface area contributed by atoms with Gasteiger partial charge in [-0.15, -0.1) is 0 Å². The van der Waals surface area contributed by atoms with Gasteiger partial charge in [0.1, 0.15) is 0 Å². The molecule has 0 aromatic heterocycles. The molecule has 0 aromatic carbocycles. The van der Waals surface area contributed by atoms with Gasteiger partial charge in [-0.3, -0.25) is 0 Å². The van der Waals surface area contributed by atoms with Gasteiger partial charge >= 0.3 is 0 Å². The highest BCUT2D eigenvalue weighted by atomic mass is 32.2. The zero-order valence-electron chi connectivity index (χ0n) is 9.56. The molecule has 0 amide bonds. The molecule has 16 heavy (non-hydrogen) atoms. The monoisotopic (exact) mass is 248 g/mol. The van der Waals surface area contributed by atoms with Crippen LogP contribution in [0.4, 0.5) is 0 Å². The van der Waals surface area contributed by atoms with Crippen LogP contribution in [-0.4, -0.2) is 39.0 Å². The largest absolute Gasteiger partial charge is 0.377 e. The van der Waals surface area contributed by atoms with E-state index in [1.165, 1.54) is 0 Å². The molecule has 2 aliphatic rings. The number of ether oxygens (including phenoxy) is 1. The number of sulfonamides is 1. The Bertz CT molecular complexity index is 338. The lowest BCUT2D eigenvalue weighted by molar-refractivity contribution is -0.0248. The minimum absolute atomic E-state index is 0.0472. The topological polar surface area (TPSA) is 81.4 Å². The van der Waals surface area contributed by atoms with E-state index in [0.717, 1.165) is 19.3 Å². The van der Waals surface area contributed by atoms with Crippen LogP contribution in [0.15, 0.2) is 0 Å². The zero-order chi connectivity index (χ0) is 11.8. The molecule has 0 aromatic rings. The predicted molar refractivity (Wildman–Crippen MR) is 61.4 cm³/mol. The van der Waals surface area contributed by atoms with Crippen LogP contribution in [0, 0.1) is 5.92 Å². The van der Waals surface area contributed by atoms with Crippen molar-refractivity contribution >= 4 is 10.0 Å². The van der Waals surface area contributed by atoms with Gasteiger partial charge in [-0.05, 0) is 32.1 Å². The van der Waals surface area contributed by atoms with Crippen molar-refractivity contribution in [1.82, 2.24) is 4.72 Å². The molecule has 3 unspecified atom stereocenters. The first-order valence-electron chi connectivity index (χ1n) is 5.89. The number of rotatable bonds is 6. The van der Waals surface area contributed by atoms with Crippen LogP contribution in [0.5, 0.6) is 0 Å². The van der Waals surface area contributed by atoms with E-state index < -0.39 is 10.0 Å². The van der Waals surface area contributed by atoms with Gasteiger partial charge in [-0.25, -0.2) is 13.1 Å². The fourth-order valence-corrected chi connectivity index (χ4v) is 3.83. The number of hydrogen-bond donors (Lipinski definition) is 2. The lowest BCUT2D eigenvalue weighted by Crippen LogP contribution is -2.64. The SMILES string of the molecule is CCOC1CC(N)C1NS(=O)(=O)CC1CC1. The summed E-state index contributed by atoms with van der Waals surface area (Å²) in [5, 5.41) is 0. The van der Waals surface area contributed by atoms with Crippen molar-refractivity contribution in [2.75, 3.05) is 12.4 Å². The highest BCUT2D eigenvalue weighted by Crippen LogP contribution is 2.31. The van der Waals surface area contributed by atoms with Crippen molar-refractivity contribution in [3.8, 4) is 0 Å². The molecule has 0 radical (unpaired) electrons. The molecule has 2 fully saturated rings. The first-order valence-corrected chi connectivity index (χ1v) is 7.54. The van der Waals surface area contributed by atoms with Gasteiger partial charge < -0.3 is 10.5 Å². The second-order valence-corrected chi connectivity index (χ2v) is 6.56. The van der Waals surface area contributed by atoms with Crippen molar-refractivity contribution in [3.63, 3.8) is 0 Å². The smallest absolute Gasteiger partial charge is 0.212 e. The Morgan fingerprint density at radius 3 is 2.62 bits per heavy atom. The summed E-state index contributed by atoms with van der Waals surface area (Å²) < 4.78 is 31.6. The van der Waals surface area contributed by atoms with Crippen molar-refractivity contribution in [3.05, 3.63) is 0 Å². The van der Waals surface area contributed by atoms with Crippen LogP contribution in [-0.2, 0) is 14.8 Å². The Hall–Kier alpha value is -0.170. The summed E-state index contributed by atoms with van der Waals surface area (Å²) in [6.07, 6.45) is 2.76. The van der Waals surface area contributed by atoms with E-state index in [1.54, 1.807) is 0 Å². The molecule has 0 heterocycles. The summed E-state index contributed by atoms with van der Waals surface area (Å²) in [7, 11) is -3.17. The van der Waals surface area contributed by atoms with Gasteiger partial charge in [-0.2, -0.15) is 0 Å². The standard InChI is InChI=1S/C10H20N2O3S/c1-2-15-9-5-8(11)10(9)12-16(13,14)6-7-3-4-7/h7-10,12H,2-6,11H2,1H3. The normalized spacial score (nSPS) is 34.8. The van der Waals surface area contributed by atoms with Crippen LogP contribution in [0.1, 0.15) is 26.2 Å². The summed E-state index contributed by atoms with van der Waals surface area (Å²) in [6, 6.07) is -0.339. The Balaban J connectivity index is 1.86. The Morgan fingerprint density at radius 1 is 1.44 bits per heavy atom. The van der Waals surface area contributed by atoms with Gasteiger partial charge in [0.05, 0.1) is 17.9 Å². The van der Waals surface area contributed by atoms with Crippen LogP contribution < -0.4 is 10.5 Å². The molecule has 2 rings (SSSR count). The van der Waals surface area contributed by atoms with Crippen molar-refractivity contribution < 1.29 is 13.2 Å². The summed E-state index contributed by atoms with van der Waals surface area (Å²) in [6.45, 7) is 2.50. The summed E-state index contributed by atoms with van der Waals surface area (Å²) >= 11 is 0. The minimum atomic E-state index is -3.17. The quantitative estimate of drug-likeness (QED) is 0.683. The molecule has 0 aliphatic heterocycles. The van der Waals surface area contributed by atoms with Gasteiger partial charge in [0, 0.05) is 12.6 Å². The fraction of sp³-hybridized carbons (Fsp3) is 1.00. The van der Waals surface area contributed by atoms with Crippen molar-refractivity contribution in [2.24, 2.45) is 11.7 Å². The highest BCUT2D eigenvalue weighted by molar-refractivity contribution is 7.89. The van der Waals surface area contributed by atoms with Crippen molar-refractivity contribution in [1.29, 1.82) is 0 Å². The Kier molecular flexibility index (Phi) is 3.53. The number of hydrogen-bond acceptors (Lipinski definition) is 4. The molecule has 0 bridgehead atoms. The zero-order valence-corrected chi connectivity index (χ0v) is 10.4. The molecule has 0 spiro atoms. The second-order valence-electron chi connectivity index (χ2n) is 4.76. The maximum atomic E-state index is 11.8. The first-order chi connectivity index (χ1) is 7.52. The summed E-state index contributed by atoms with van der Waals surface area (Å²) in [5.41, 5.74) is 5.79. The molecule has 2 saturated carbocycles. The second kappa shape index (κ2) is 4.60. The minimum Gasteiger partial charge on any atom is -0.377 e. The molecular formula is C10H20N2O3S. The highest BCUT2D eigenvalue weighted by Gasteiger charge is 2.42. The van der Waals surface area contributed by atoms with E-state index in [-0.39, 0.29) is 23.9 Å². The van der Waals surface area contributed by atoms with Crippen LogP contribution in [0.25, 0.3) is 0 Å². The Labute approximate surface area is 96.8 Å². The molecule has 6 heteroatoms. The Morgan fingerprint density at radius 2 is 2.12 bits per heavy atom. The van der Waals surface area contributed by atoms with Gasteiger partial charge in [0.2, 0.25) is 10.0 Å². The van der Waals surface area contributed by atoms with E-state index in [9.17, 15) is 8.42 Å². The van der Waals surface area contributed by atoms with E-state index in [0.29, 0.717) is 12.5 Å². The molecule has 0 saturated heterocycles. The third-order valence-corrected chi connectivity index (χ3v) is 4.76. The van der Waals surface area contributed by atoms with E-state index in [4.69, 9.17) is 10.5 Å². The number of nitrogens with one attached hydrogen (secondary N) is 1. The maximum absolute atomic E-state index is 11.8. The van der Waals surface area contributed by atoms with Gasteiger partial charge in [-0.1, -0.05) is 0 Å². The van der Waals surface area contributed by atoms with Crippen LogP contribution in [0.3, 0.4) is 0 Å². The van der Waals surface area contributed by atoms with Crippen LogP contribution >= 0.6 is 0 Å². The fourth-order valence-electron chi connectivity index (χ4n) is 2.04. The average molecular weight is 248 g/mol. The van der Waals surface area contributed by atoms with E-state index >= 15 is 0 Å². The summed E-state index contributed by atoms with van der Waals surface area (Å²) in [5.74, 6) is 0.606. The van der Waals surface area contributed by atoms with Crippen molar-refractivity contribution in [2.45, 2.75) is 44.4 Å². The van der Waals surface area contributed by atoms with Gasteiger partial charge in [0.15, 0.2) is 0 Å². The lowest BCUT2D eigenvalue weighted by atomic mass is 9.84. The lowest BCUT2D eigenvalue weighted by Gasteiger charge is -2.42. The average Bonchev–Trinajstić information content (AvgIpc) is 2.98. The maximum Gasteiger partial charge on any atom is 0.212 e. The van der Waals surface area contributed by atoms with E-state index in [2.05, 4.69) is 4.72 Å².